The number of hydrogen-bond acceptors (Lipinski definition) is 5. The van der Waals surface area contributed by atoms with Crippen molar-refractivity contribution in [1.82, 2.24) is 15.1 Å². The van der Waals surface area contributed by atoms with Crippen LogP contribution >= 0.6 is 0 Å². The van der Waals surface area contributed by atoms with Gasteiger partial charge in [0.15, 0.2) is 5.82 Å². The van der Waals surface area contributed by atoms with Crippen LogP contribution in [0.2, 0.25) is 0 Å². The number of carbonyl (C=O) groups excluding carboxylic acids is 1. The lowest BCUT2D eigenvalue weighted by molar-refractivity contribution is -0.138. The molecule has 2 unspecified atom stereocenters. The largest absolute Gasteiger partial charge is 0.353 e. The predicted octanol–water partition coefficient (Wildman–Crippen LogP) is 1.42. The van der Waals surface area contributed by atoms with Crippen LogP contribution in [0.25, 0.3) is 0 Å². The smallest absolute Gasteiger partial charge is 0.227 e. The Balaban J connectivity index is 1.64. The summed E-state index contributed by atoms with van der Waals surface area (Å²) >= 11 is 0. The van der Waals surface area contributed by atoms with Gasteiger partial charge in [0.1, 0.15) is 0 Å². The van der Waals surface area contributed by atoms with Crippen LogP contribution in [-0.2, 0) is 4.79 Å². The van der Waals surface area contributed by atoms with E-state index in [4.69, 9.17) is 5.73 Å². The van der Waals surface area contributed by atoms with Crippen LogP contribution < -0.4 is 10.6 Å². The highest BCUT2D eigenvalue weighted by molar-refractivity contribution is 5.80. The monoisotopic (exact) mass is 317 g/mol. The zero-order valence-corrected chi connectivity index (χ0v) is 13.9. The van der Waals surface area contributed by atoms with Crippen molar-refractivity contribution in [2.45, 2.75) is 44.6 Å². The summed E-state index contributed by atoms with van der Waals surface area (Å²) in [4.78, 5) is 17.2. The zero-order chi connectivity index (χ0) is 16.3. The molecule has 1 saturated heterocycles. The minimum atomic E-state index is -0.355. The highest BCUT2D eigenvalue weighted by Gasteiger charge is 2.40. The van der Waals surface area contributed by atoms with Crippen molar-refractivity contribution >= 4 is 11.7 Å². The van der Waals surface area contributed by atoms with Gasteiger partial charge in [-0.1, -0.05) is 12.8 Å². The Kier molecular flexibility index (Phi) is 4.80. The van der Waals surface area contributed by atoms with Crippen molar-refractivity contribution in [2.75, 3.05) is 31.1 Å². The summed E-state index contributed by atoms with van der Waals surface area (Å²) in [5.74, 6) is 1.11. The molecule has 1 aliphatic carbocycles. The third-order valence-electron chi connectivity index (χ3n) is 5.24. The number of carbonyl (C=O) groups is 1. The summed E-state index contributed by atoms with van der Waals surface area (Å²) in [6, 6.07) is 3.88. The first kappa shape index (κ1) is 16.2. The van der Waals surface area contributed by atoms with Crippen LogP contribution in [0, 0.1) is 5.92 Å². The lowest BCUT2D eigenvalue weighted by atomic mass is 9.74. The second-order valence-corrected chi connectivity index (χ2v) is 7.05. The molecule has 2 N–H and O–H groups in total. The van der Waals surface area contributed by atoms with E-state index >= 15 is 0 Å². The van der Waals surface area contributed by atoms with Crippen molar-refractivity contribution in [3.05, 3.63) is 18.3 Å². The Bertz CT molecular complexity index is 533. The number of rotatable bonds is 2. The van der Waals surface area contributed by atoms with Gasteiger partial charge in [0.25, 0.3) is 0 Å². The molecule has 6 heteroatoms. The minimum absolute atomic E-state index is 0.0284. The molecule has 2 atom stereocenters. The first-order valence-corrected chi connectivity index (χ1v) is 8.68. The molecule has 1 aliphatic heterocycles. The Hall–Kier alpha value is -1.69. The van der Waals surface area contributed by atoms with Gasteiger partial charge < -0.3 is 15.5 Å². The average molecular weight is 317 g/mol. The molecule has 3 rings (SSSR count). The number of hydrogen-bond donors (Lipinski definition) is 1. The van der Waals surface area contributed by atoms with E-state index in [0.717, 1.165) is 64.1 Å². The van der Waals surface area contributed by atoms with E-state index in [1.807, 2.05) is 24.0 Å². The SMILES string of the molecule is CC1(N)CCCCC1C(=O)N1CCCN(c2cccnn2)CC1. The van der Waals surface area contributed by atoms with Gasteiger partial charge in [-0.2, -0.15) is 5.10 Å². The summed E-state index contributed by atoms with van der Waals surface area (Å²) < 4.78 is 0. The number of nitrogens with two attached hydrogens (primary N) is 1. The van der Waals surface area contributed by atoms with Crippen LogP contribution in [0.15, 0.2) is 18.3 Å². The topological polar surface area (TPSA) is 75.4 Å². The second kappa shape index (κ2) is 6.83. The van der Waals surface area contributed by atoms with E-state index in [-0.39, 0.29) is 17.4 Å². The fraction of sp³-hybridized carbons (Fsp3) is 0.706. The summed E-state index contributed by atoms with van der Waals surface area (Å²) in [5, 5.41) is 8.13. The van der Waals surface area contributed by atoms with Crippen LogP contribution in [0.5, 0.6) is 0 Å². The number of aromatic nitrogens is 2. The maximum atomic E-state index is 13.0. The molecule has 2 heterocycles. The number of anilines is 1. The fourth-order valence-corrected chi connectivity index (χ4v) is 3.81. The summed E-state index contributed by atoms with van der Waals surface area (Å²) in [5.41, 5.74) is 6.06. The Labute approximate surface area is 138 Å². The highest BCUT2D eigenvalue weighted by Crippen LogP contribution is 2.33. The molecule has 0 aromatic carbocycles. The Morgan fingerprint density at radius 2 is 2.13 bits per heavy atom. The third-order valence-corrected chi connectivity index (χ3v) is 5.24. The molecule has 23 heavy (non-hydrogen) atoms. The molecule has 2 aliphatic rings. The highest BCUT2D eigenvalue weighted by atomic mass is 16.2. The summed E-state index contributed by atoms with van der Waals surface area (Å²) in [7, 11) is 0. The van der Waals surface area contributed by atoms with Gasteiger partial charge in [-0.3, -0.25) is 4.79 Å². The first-order valence-electron chi connectivity index (χ1n) is 8.68. The van der Waals surface area contributed by atoms with Crippen LogP contribution in [0.1, 0.15) is 39.0 Å². The molecular weight excluding hydrogens is 290 g/mol. The molecule has 2 fully saturated rings. The Morgan fingerprint density at radius 3 is 2.87 bits per heavy atom. The van der Waals surface area contributed by atoms with Gasteiger partial charge in [0.2, 0.25) is 5.91 Å². The molecule has 1 amide bonds. The summed E-state index contributed by atoms with van der Waals surface area (Å²) in [6.45, 7) is 5.30. The second-order valence-electron chi connectivity index (χ2n) is 7.05. The van der Waals surface area contributed by atoms with Crippen LogP contribution in [0.3, 0.4) is 0 Å². The Morgan fingerprint density at radius 1 is 1.26 bits per heavy atom. The molecule has 6 nitrogen and oxygen atoms in total. The standard InChI is InChI=1S/C17H27N5O/c1-17(18)8-3-2-6-14(17)16(23)22-11-5-10-21(12-13-22)15-7-4-9-19-20-15/h4,7,9,14H,2-3,5-6,8,10-13,18H2,1H3. The number of nitrogens with zero attached hydrogens (tertiary/aromatic N) is 4. The van der Waals surface area contributed by atoms with E-state index in [2.05, 4.69) is 15.1 Å². The van der Waals surface area contributed by atoms with Gasteiger partial charge in [-0.05, 0) is 38.3 Å². The molecular formula is C17H27N5O. The van der Waals surface area contributed by atoms with Crippen molar-refractivity contribution in [3.63, 3.8) is 0 Å². The van der Waals surface area contributed by atoms with E-state index in [1.54, 1.807) is 6.20 Å². The molecule has 126 valence electrons. The van der Waals surface area contributed by atoms with E-state index in [1.165, 1.54) is 0 Å². The van der Waals surface area contributed by atoms with Gasteiger partial charge in [-0.15, -0.1) is 5.10 Å². The zero-order valence-electron chi connectivity index (χ0n) is 13.9. The molecule has 1 aromatic heterocycles. The summed E-state index contributed by atoms with van der Waals surface area (Å²) in [6.07, 6.45) is 6.76. The first-order chi connectivity index (χ1) is 11.1. The maximum Gasteiger partial charge on any atom is 0.227 e. The van der Waals surface area contributed by atoms with Gasteiger partial charge in [-0.25, -0.2) is 0 Å². The molecule has 0 bridgehead atoms. The average Bonchev–Trinajstić information content (AvgIpc) is 2.81. The number of amides is 1. The third kappa shape index (κ3) is 3.63. The molecule has 1 aromatic rings. The fourth-order valence-electron chi connectivity index (χ4n) is 3.81. The van der Waals surface area contributed by atoms with Gasteiger partial charge in [0.05, 0.1) is 5.92 Å². The van der Waals surface area contributed by atoms with E-state index in [0.29, 0.717) is 0 Å². The lowest BCUT2D eigenvalue weighted by Crippen LogP contribution is -2.54. The van der Waals surface area contributed by atoms with Gasteiger partial charge >= 0.3 is 0 Å². The maximum absolute atomic E-state index is 13.0. The van der Waals surface area contributed by atoms with Gasteiger partial charge in [0, 0.05) is 37.9 Å². The normalized spacial score (nSPS) is 29.2. The van der Waals surface area contributed by atoms with E-state index in [9.17, 15) is 4.79 Å². The van der Waals surface area contributed by atoms with E-state index < -0.39 is 0 Å². The minimum Gasteiger partial charge on any atom is -0.353 e. The molecule has 0 spiro atoms. The van der Waals surface area contributed by atoms with Crippen molar-refractivity contribution < 1.29 is 4.79 Å². The van der Waals surface area contributed by atoms with Crippen LogP contribution in [-0.4, -0.2) is 52.7 Å². The molecule has 1 saturated carbocycles. The predicted molar refractivity (Wildman–Crippen MR) is 90.0 cm³/mol. The van der Waals surface area contributed by atoms with Crippen molar-refractivity contribution in [2.24, 2.45) is 11.7 Å². The quantitative estimate of drug-likeness (QED) is 0.893. The lowest BCUT2D eigenvalue weighted by Gasteiger charge is -2.39. The van der Waals surface area contributed by atoms with Crippen molar-refractivity contribution in [1.29, 1.82) is 0 Å². The van der Waals surface area contributed by atoms with Crippen molar-refractivity contribution in [3.8, 4) is 0 Å². The molecule has 0 radical (unpaired) electrons. The van der Waals surface area contributed by atoms with Crippen LogP contribution in [0.4, 0.5) is 5.82 Å².